The number of ether oxygens (including phenoxy) is 1. The molecular formula is C19H19N3O3. The van der Waals surface area contributed by atoms with E-state index in [-0.39, 0.29) is 12.5 Å². The molecule has 0 radical (unpaired) electrons. The predicted molar refractivity (Wildman–Crippen MR) is 93.3 cm³/mol. The molecule has 0 aliphatic rings. The monoisotopic (exact) mass is 337 g/mol. The van der Waals surface area contributed by atoms with Crippen molar-refractivity contribution in [2.45, 2.75) is 13.5 Å². The van der Waals surface area contributed by atoms with Crippen LogP contribution in [0.25, 0.3) is 11.5 Å². The van der Waals surface area contributed by atoms with Crippen LogP contribution in [0, 0.1) is 6.92 Å². The number of carbonyl (C=O) groups is 1. The Balaban J connectivity index is 1.78. The second kappa shape index (κ2) is 7.17. The number of benzene rings is 2. The van der Waals surface area contributed by atoms with E-state index < -0.39 is 0 Å². The second-order valence-corrected chi connectivity index (χ2v) is 5.68. The highest BCUT2D eigenvalue weighted by Crippen LogP contribution is 2.24. The van der Waals surface area contributed by atoms with Crippen LogP contribution in [0.4, 0.5) is 0 Å². The van der Waals surface area contributed by atoms with Gasteiger partial charge in [-0.3, -0.25) is 4.79 Å². The summed E-state index contributed by atoms with van der Waals surface area (Å²) >= 11 is 0. The number of aromatic nitrogens is 2. The lowest BCUT2D eigenvalue weighted by Crippen LogP contribution is -2.27. The van der Waals surface area contributed by atoms with Gasteiger partial charge in [-0.2, -0.15) is 0 Å². The molecule has 6 heteroatoms. The lowest BCUT2D eigenvalue weighted by molar-refractivity contribution is 0.0769. The molecule has 0 saturated carbocycles. The number of hydrogen-bond acceptors (Lipinski definition) is 5. The Labute approximate surface area is 146 Å². The van der Waals surface area contributed by atoms with Crippen LogP contribution in [0.15, 0.2) is 52.9 Å². The van der Waals surface area contributed by atoms with Gasteiger partial charge < -0.3 is 14.1 Å². The molecule has 1 amide bonds. The van der Waals surface area contributed by atoms with Crippen molar-refractivity contribution in [1.29, 1.82) is 0 Å². The number of methoxy groups -OCH3 is 1. The van der Waals surface area contributed by atoms with E-state index in [2.05, 4.69) is 10.2 Å². The first-order valence-corrected chi connectivity index (χ1v) is 7.87. The zero-order chi connectivity index (χ0) is 17.8. The first kappa shape index (κ1) is 16.7. The lowest BCUT2D eigenvalue weighted by Gasteiger charge is -2.18. The van der Waals surface area contributed by atoms with Crippen molar-refractivity contribution < 1.29 is 13.9 Å². The maximum Gasteiger partial charge on any atom is 0.258 e. The second-order valence-electron chi connectivity index (χ2n) is 5.68. The summed E-state index contributed by atoms with van der Waals surface area (Å²) in [6, 6.07) is 15.0. The minimum absolute atomic E-state index is 0.158. The largest absolute Gasteiger partial charge is 0.496 e. The average Bonchev–Trinajstić information content (AvgIpc) is 3.10. The van der Waals surface area contributed by atoms with E-state index >= 15 is 0 Å². The number of amides is 1. The Morgan fingerprint density at radius 1 is 1.12 bits per heavy atom. The molecule has 25 heavy (non-hydrogen) atoms. The van der Waals surface area contributed by atoms with Crippen molar-refractivity contribution in [1.82, 2.24) is 15.1 Å². The number of nitrogens with zero attached hydrogens (tertiary/aromatic N) is 3. The van der Waals surface area contributed by atoms with Crippen LogP contribution in [0.5, 0.6) is 5.75 Å². The van der Waals surface area contributed by atoms with Crippen LogP contribution in [0.3, 0.4) is 0 Å². The highest BCUT2D eigenvalue weighted by atomic mass is 16.5. The highest BCUT2D eigenvalue weighted by Gasteiger charge is 2.21. The van der Waals surface area contributed by atoms with E-state index in [1.807, 2.05) is 49.4 Å². The van der Waals surface area contributed by atoms with Crippen LogP contribution in [-0.2, 0) is 6.54 Å². The number of rotatable bonds is 5. The zero-order valence-corrected chi connectivity index (χ0v) is 14.4. The van der Waals surface area contributed by atoms with Gasteiger partial charge >= 0.3 is 0 Å². The van der Waals surface area contributed by atoms with Gasteiger partial charge in [0.05, 0.1) is 19.2 Å². The summed E-state index contributed by atoms with van der Waals surface area (Å²) in [7, 11) is 3.25. The number of carbonyl (C=O) groups excluding carboxylic acids is 1. The Hall–Kier alpha value is -3.15. The van der Waals surface area contributed by atoms with Crippen LogP contribution in [0.2, 0.25) is 0 Å². The average molecular weight is 337 g/mol. The van der Waals surface area contributed by atoms with Crippen molar-refractivity contribution in [2.24, 2.45) is 0 Å². The first-order chi connectivity index (χ1) is 12.1. The molecule has 2 aromatic carbocycles. The molecule has 0 spiro atoms. The van der Waals surface area contributed by atoms with Crippen molar-refractivity contribution >= 4 is 5.91 Å². The summed E-state index contributed by atoms with van der Waals surface area (Å²) in [5, 5.41) is 8.08. The van der Waals surface area contributed by atoms with Gasteiger partial charge in [-0.1, -0.05) is 30.3 Å². The van der Waals surface area contributed by atoms with Crippen molar-refractivity contribution in [3.05, 3.63) is 65.5 Å². The number of aryl methyl sites for hydroxylation is 1. The van der Waals surface area contributed by atoms with Crippen LogP contribution in [0.1, 0.15) is 21.8 Å². The van der Waals surface area contributed by atoms with E-state index in [4.69, 9.17) is 9.15 Å². The first-order valence-electron chi connectivity index (χ1n) is 7.87. The molecule has 3 rings (SSSR count). The number of hydrogen-bond donors (Lipinski definition) is 0. The quantitative estimate of drug-likeness (QED) is 0.714. The van der Waals surface area contributed by atoms with E-state index in [1.54, 1.807) is 20.2 Å². The van der Waals surface area contributed by atoms with Gasteiger partial charge in [0.15, 0.2) is 0 Å². The van der Waals surface area contributed by atoms with Crippen LogP contribution < -0.4 is 4.74 Å². The fraction of sp³-hybridized carbons (Fsp3) is 0.211. The minimum Gasteiger partial charge on any atom is -0.496 e. The lowest BCUT2D eigenvalue weighted by atomic mass is 10.1. The summed E-state index contributed by atoms with van der Waals surface area (Å²) in [4.78, 5) is 14.3. The molecule has 1 heterocycles. The predicted octanol–water partition coefficient (Wildman–Crippen LogP) is 3.33. The summed E-state index contributed by atoms with van der Waals surface area (Å²) in [5.74, 6) is 1.20. The van der Waals surface area contributed by atoms with Gasteiger partial charge in [-0.15, -0.1) is 10.2 Å². The van der Waals surface area contributed by atoms with Gasteiger partial charge in [-0.25, -0.2) is 0 Å². The topological polar surface area (TPSA) is 68.5 Å². The normalized spacial score (nSPS) is 10.5. The molecular weight excluding hydrogens is 318 g/mol. The molecule has 0 bridgehead atoms. The molecule has 0 aliphatic carbocycles. The summed E-state index contributed by atoms with van der Waals surface area (Å²) in [6.07, 6.45) is 0. The maximum absolute atomic E-state index is 12.8. The fourth-order valence-electron chi connectivity index (χ4n) is 2.57. The third-order valence-electron chi connectivity index (χ3n) is 3.88. The Kier molecular flexibility index (Phi) is 4.79. The molecule has 0 saturated heterocycles. The van der Waals surface area contributed by atoms with E-state index in [9.17, 15) is 4.79 Å². The van der Waals surface area contributed by atoms with E-state index in [0.29, 0.717) is 23.1 Å². The molecule has 0 fully saturated rings. The maximum atomic E-state index is 12.8. The van der Waals surface area contributed by atoms with Gasteiger partial charge in [-0.05, 0) is 30.7 Å². The van der Waals surface area contributed by atoms with Crippen molar-refractivity contribution in [2.75, 3.05) is 14.2 Å². The zero-order valence-electron chi connectivity index (χ0n) is 14.4. The Morgan fingerprint density at radius 3 is 2.60 bits per heavy atom. The van der Waals surface area contributed by atoms with Gasteiger partial charge in [0.1, 0.15) is 5.75 Å². The van der Waals surface area contributed by atoms with Gasteiger partial charge in [0.2, 0.25) is 11.8 Å². The van der Waals surface area contributed by atoms with Crippen LogP contribution >= 0.6 is 0 Å². The van der Waals surface area contributed by atoms with E-state index in [0.717, 1.165) is 11.1 Å². The third kappa shape index (κ3) is 3.52. The highest BCUT2D eigenvalue weighted by molar-refractivity contribution is 5.98. The van der Waals surface area contributed by atoms with Gasteiger partial charge in [0.25, 0.3) is 5.91 Å². The SMILES string of the molecule is COc1cccc(C)c1C(=O)N(C)Cc1nnc(-c2ccccc2)o1. The molecule has 1 aromatic heterocycles. The van der Waals surface area contributed by atoms with Crippen molar-refractivity contribution in [3.63, 3.8) is 0 Å². The molecule has 3 aromatic rings. The molecule has 0 unspecified atom stereocenters. The standard InChI is InChI=1S/C19H19N3O3/c1-13-8-7-11-15(24-3)17(13)19(23)22(2)12-16-20-21-18(25-16)14-9-5-4-6-10-14/h4-11H,12H2,1-3H3. The summed E-state index contributed by atoms with van der Waals surface area (Å²) < 4.78 is 11.0. The molecule has 128 valence electrons. The smallest absolute Gasteiger partial charge is 0.258 e. The summed E-state index contributed by atoms with van der Waals surface area (Å²) in [6.45, 7) is 2.10. The summed E-state index contributed by atoms with van der Waals surface area (Å²) in [5.41, 5.74) is 2.23. The van der Waals surface area contributed by atoms with Crippen LogP contribution in [-0.4, -0.2) is 35.2 Å². The van der Waals surface area contributed by atoms with E-state index in [1.165, 1.54) is 4.90 Å². The third-order valence-corrected chi connectivity index (χ3v) is 3.88. The molecule has 6 nitrogen and oxygen atoms in total. The molecule has 0 aliphatic heterocycles. The fourth-order valence-corrected chi connectivity index (χ4v) is 2.57. The molecule has 0 N–H and O–H groups in total. The molecule has 0 atom stereocenters. The van der Waals surface area contributed by atoms with Crippen molar-refractivity contribution in [3.8, 4) is 17.2 Å². The Bertz CT molecular complexity index is 875. The van der Waals surface area contributed by atoms with Gasteiger partial charge in [0, 0.05) is 12.6 Å². The Morgan fingerprint density at radius 2 is 1.88 bits per heavy atom. The minimum atomic E-state index is -0.158.